The summed E-state index contributed by atoms with van der Waals surface area (Å²) in [4.78, 5) is 4.34. The first kappa shape index (κ1) is 13.9. The second-order valence-electron chi connectivity index (χ2n) is 3.81. The van der Waals surface area contributed by atoms with E-state index in [-0.39, 0.29) is 0 Å². The summed E-state index contributed by atoms with van der Waals surface area (Å²) in [6.45, 7) is 3.59. The van der Waals surface area contributed by atoms with Crippen molar-refractivity contribution in [3.05, 3.63) is 0 Å². The number of nitrogens with zero attached hydrogens (tertiary/aromatic N) is 4. The van der Waals surface area contributed by atoms with E-state index >= 15 is 0 Å². The molecule has 0 aromatic heterocycles. The molecule has 0 aromatic rings. The predicted octanol–water partition coefficient (Wildman–Crippen LogP) is 1.07. The molecule has 0 aliphatic heterocycles. The zero-order valence-corrected chi connectivity index (χ0v) is 9.74. The average Bonchev–Trinajstić information content (AvgIpc) is 2.20. The van der Waals surface area contributed by atoms with Crippen molar-refractivity contribution in [2.45, 2.75) is 19.3 Å². The highest BCUT2D eigenvalue weighted by Crippen LogP contribution is 1.96. The van der Waals surface area contributed by atoms with Gasteiger partial charge in [-0.25, -0.2) is 0 Å². The zero-order chi connectivity index (χ0) is 11.5. The summed E-state index contributed by atoms with van der Waals surface area (Å²) in [7, 11) is 4.10. The fourth-order valence-electron chi connectivity index (χ4n) is 1.36. The lowest BCUT2D eigenvalue weighted by atomic mass is 10.3. The Labute approximate surface area is 92.7 Å². The number of rotatable bonds is 8. The van der Waals surface area contributed by atoms with E-state index in [0.717, 1.165) is 32.6 Å². The molecule has 0 heterocycles. The van der Waals surface area contributed by atoms with Crippen molar-refractivity contribution in [3.63, 3.8) is 0 Å². The van der Waals surface area contributed by atoms with Gasteiger partial charge in [-0.1, -0.05) is 0 Å². The van der Waals surface area contributed by atoms with Gasteiger partial charge in [-0.3, -0.25) is 0 Å². The van der Waals surface area contributed by atoms with Crippen molar-refractivity contribution in [1.29, 1.82) is 10.5 Å². The molecule has 4 heteroatoms. The first-order valence-electron chi connectivity index (χ1n) is 5.31. The van der Waals surface area contributed by atoms with Crippen LogP contribution in [0.2, 0.25) is 0 Å². The highest BCUT2D eigenvalue weighted by Gasteiger charge is 2.03. The van der Waals surface area contributed by atoms with Crippen molar-refractivity contribution in [1.82, 2.24) is 9.80 Å². The van der Waals surface area contributed by atoms with Gasteiger partial charge in [0.15, 0.2) is 0 Å². The summed E-state index contributed by atoms with van der Waals surface area (Å²) in [5, 5.41) is 17.0. The Bertz CT molecular complexity index is 206. The highest BCUT2D eigenvalue weighted by atomic mass is 15.1. The molecule has 0 unspecified atom stereocenters. The second-order valence-corrected chi connectivity index (χ2v) is 3.81. The van der Waals surface area contributed by atoms with Gasteiger partial charge in [0.25, 0.3) is 0 Å². The van der Waals surface area contributed by atoms with E-state index < -0.39 is 0 Å². The Hall–Kier alpha value is -1.10. The number of hydrogen-bond donors (Lipinski definition) is 0. The smallest absolute Gasteiger partial charge is 0.0635 e. The van der Waals surface area contributed by atoms with Gasteiger partial charge in [-0.15, -0.1) is 0 Å². The summed E-state index contributed by atoms with van der Waals surface area (Å²) in [5.74, 6) is 0. The molecule has 0 radical (unpaired) electrons. The normalized spacial score (nSPS) is 10.3. The average molecular weight is 208 g/mol. The van der Waals surface area contributed by atoms with Gasteiger partial charge in [0, 0.05) is 25.9 Å². The molecule has 4 nitrogen and oxygen atoms in total. The molecule has 0 amide bonds. The van der Waals surface area contributed by atoms with Gasteiger partial charge in [0.05, 0.1) is 12.1 Å². The van der Waals surface area contributed by atoms with Crippen LogP contribution in [0.5, 0.6) is 0 Å². The van der Waals surface area contributed by atoms with E-state index in [1.165, 1.54) is 0 Å². The second kappa shape index (κ2) is 9.45. The molecule has 15 heavy (non-hydrogen) atoms. The Kier molecular flexibility index (Phi) is 8.76. The maximum atomic E-state index is 8.50. The van der Waals surface area contributed by atoms with E-state index in [1.807, 2.05) is 0 Å². The minimum absolute atomic E-state index is 0.549. The first-order valence-corrected chi connectivity index (χ1v) is 5.31. The third kappa shape index (κ3) is 9.21. The van der Waals surface area contributed by atoms with Crippen LogP contribution >= 0.6 is 0 Å². The van der Waals surface area contributed by atoms with E-state index in [9.17, 15) is 0 Å². The third-order valence-electron chi connectivity index (χ3n) is 2.16. The van der Waals surface area contributed by atoms with Crippen LogP contribution in [-0.4, -0.2) is 50.1 Å². The van der Waals surface area contributed by atoms with E-state index in [2.05, 4.69) is 36.0 Å². The predicted molar refractivity (Wildman–Crippen MR) is 60.1 cm³/mol. The van der Waals surface area contributed by atoms with Crippen molar-refractivity contribution in [3.8, 4) is 12.1 Å². The van der Waals surface area contributed by atoms with Gasteiger partial charge in [-0.2, -0.15) is 10.5 Å². The van der Waals surface area contributed by atoms with Gasteiger partial charge in [-0.05, 0) is 33.6 Å². The van der Waals surface area contributed by atoms with Crippen LogP contribution in [0.4, 0.5) is 0 Å². The maximum absolute atomic E-state index is 8.50. The molecule has 0 spiro atoms. The number of nitriles is 2. The summed E-state index contributed by atoms with van der Waals surface area (Å²) < 4.78 is 0. The third-order valence-corrected chi connectivity index (χ3v) is 2.16. The molecule has 0 N–H and O–H groups in total. The molecule has 0 rings (SSSR count). The molecule has 84 valence electrons. The van der Waals surface area contributed by atoms with Crippen molar-refractivity contribution < 1.29 is 0 Å². The molecule has 0 saturated carbocycles. The van der Waals surface area contributed by atoms with Gasteiger partial charge in [0.1, 0.15) is 0 Å². The zero-order valence-electron chi connectivity index (χ0n) is 9.74. The fraction of sp³-hybridized carbons (Fsp3) is 0.818. The first-order chi connectivity index (χ1) is 7.20. The monoisotopic (exact) mass is 208 g/mol. The van der Waals surface area contributed by atoms with Crippen molar-refractivity contribution in [2.75, 3.05) is 40.3 Å². The van der Waals surface area contributed by atoms with Crippen molar-refractivity contribution >= 4 is 0 Å². The van der Waals surface area contributed by atoms with Gasteiger partial charge >= 0.3 is 0 Å². The SMILES string of the molecule is CN(C)CCCN(CCC#N)CCC#N. The Morgan fingerprint density at radius 1 is 0.867 bits per heavy atom. The Morgan fingerprint density at radius 3 is 1.80 bits per heavy atom. The summed E-state index contributed by atoms with van der Waals surface area (Å²) >= 11 is 0. The van der Waals surface area contributed by atoms with E-state index in [1.54, 1.807) is 0 Å². The quantitative estimate of drug-likeness (QED) is 0.598. The maximum Gasteiger partial charge on any atom is 0.0635 e. The molecular weight excluding hydrogens is 188 g/mol. The fourth-order valence-corrected chi connectivity index (χ4v) is 1.36. The van der Waals surface area contributed by atoms with Crippen LogP contribution in [0, 0.1) is 22.7 Å². The summed E-state index contributed by atoms with van der Waals surface area (Å²) in [6.07, 6.45) is 2.19. The minimum atomic E-state index is 0.549. The van der Waals surface area contributed by atoms with Gasteiger partial charge in [0.2, 0.25) is 0 Å². The van der Waals surface area contributed by atoms with Gasteiger partial charge < -0.3 is 9.80 Å². The highest BCUT2D eigenvalue weighted by molar-refractivity contribution is 4.76. The van der Waals surface area contributed by atoms with Crippen LogP contribution in [0.15, 0.2) is 0 Å². The Morgan fingerprint density at radius 2 is 1.40 bits per heavy atom. The minimum Gasteiger partial charge on any atom is -0.309 e. The molecular formula is C11H20N4. The molecule has 0 aliphatic carbocycles. The molecule has 0 bridgehead atoms. The van der Waals surface area contributed by atoms with E-state index in [0.29, 0.717) is 12.8 Å². The molecule has 0 atom stereocenters. The number of hydrogen-bond acceptors (Lipinski definition) is 4. The largest absolute Gasteiger partial charge is 0.309 e. The van der Waals surface area contributed by atoms with Crippen LogP contribution < -0.4 is 0 Å². The standard InChI is InChI=1S/C11H20N4/c1-14(2)8-5-11-15(9-3-6-12)10-4-7-13/h3-5,8-11H2,1-2H3. The van der Waals surface area contributed by atoms with E-state index in [4.69, 9.17) is 10.5 Å². The van der Waals surface area contributed by atoms with Crippen LogP contribution in [-0.2, 0) is 0 Å². The van der Waals surface area contributed by atoms with Crippen LogP contribution in [0.1, 0.15) is 19.3 Å². The lowest BCUT2D eigenvalue weighted by Crippen LogP contribution is -2.29. The lowest BCUT2D eigenvalue weighted by molar-refractivity contribution is 0.265. The van der Waals surface area contributed by atoms with Crippen LogP contribution in [0.25, 0.3) is 0 Å². The molecule has 0 saturated heterocycles. The summed E-state index contributed by atoms with van der Waals surface area (Å²) in [6, 6.07) is 4.28. The van der Waals surface area contributed by atoms with Crippen molar-refractivity contribution in [2.24, 2.45) is 0 Å². The molecule has 0 fully saturated rings. The lowest BCUT2D eigenvalue weighted by Gasteiger charge is -2.20. The van der Waals surface area contributed by atoms with Crippen LogP contribution in [0.3, 0.4) is 0 Å². The molecule has 0 aliphatic rings. The summed E-state index contributed by atoms with van der Waals surface area (Å²) in [5.41, 5.74) is 0. The molecule has 0 aromatic carbocycles. The Balaban J connectivity index is 3.70. The topological polar surface area (TPSA) is 54.1 Å².